The van der Waals surface area contributed by atoms with Gasteiger partial charge in [0.1, 0.15) is 16.9 Å². The maximum absolute atomic E-state index is 12.6. The number of ether oxygens (including phenoxy) is 1. The molecule has 2 N–H and O–H groups in total. The number of nitrogens with one attached hydrogen (secondary N) is 2. The van der Waals surface area contributed by atoms with Crippen molar-refractivity contribution in [3.05, 3.63) is 66.4 Å². The van der Waals surface area contributed by atoms with E-state index in [1.807, 2.05) is 45.2 Å². The number of alkyl carbamates (subject to hydrolysis) is 1. The summed E-state index contributed by atoms with van der Waals surface area (Å²) in [5.74, 6) is 1.53. The molecule has 0 atom stereocenters. The van der Waals surface area contributed by atoms with Crippen LogP contribution in [0.5, 0.6) is 0 Å². The number of nitrogens with zero attached hydrogens (tertiary/aromatic N) is 5. The van der Waals surface area contributed by atoms with E-state index in [0.717, 1.165) is 85.2 Å². The molecule has 0 spiro atoms. The predicted molar refractivity (Wildman–Crippen MR) is 152 cm³/mol. The van der Waals surface area contributed by atoms with E-state index in [1.165, 1.54) is 0 Å². The Hall–Kier alpha value is -3.98. The van der Waals surface area contributed by atoms with Crippen molar-refractivity contribution in [3.63, 3.8) is 0 Å². The smallest absolute Gasteiger partial charge is 0.408 e. The number of carbonyl (C=O) groups is 1. The number of carbonyl (C=O) groups excluding carboxylic acids is 1. The molecule has 9 nitrogen and oxygen atoms in total. The van der Waals surface area contributed by atoms with Gasteiger partial charge in [-0.2, -0.15) is 4.98 Å². The molecule has 0 radical (unpaired) electrons. The van der Waals surface area contributed by atoms with E-state index in [9.17, 15) is 4.79 Å². The van der Waals surface area contributed by atoms with Gasteiger partial charge in [0.05, 0.1) is 11.7 Å². The molecule has 202 valence electrons. The third kappa shape index (κ3) is 5.06. The van der Waals surface area contributed by atoms with Crippen LogP contribution in [-0.4, -0.2) is 57.4 Å². The Morgan fingerprint density at radius 3 is 2.36 bits per heavy atom. The number of imidazole rings is 1. The topological polar surface area (TPSA) is 97.2 Å². The fraction of sp³-hybridized carbons (Fsp3) is 0.400. The van der Waals surface area contributed by atoms with Gasteiger partial charge in [-0.25, -0.2) is 14.8 Å². The third-order valence-electron chi connectivity index (χ3n) is 7.44. The van der Waals surface area contributed by atoms with Gasteiger partial charge in [0.25, 0.3) is 0 Å². The lowest BCUT2D eigenvalue weighted by molar-refractivity contribution is 0.0377. The number of anilines is 1. The summed E-state index contributed by atoms with van der Waals surface area (Å²) in [7, 11) is 0. The zero-order valence-corrected chi connectivity index (χ0v) is 22.8. The van der Waals surface area contributed by atoms with Gasteiger partial charge in [-0.15, -0.1) is 0 Å². The minimum Gasteiger partial charge on any atom is -0.444 e. The molecule has 39 heavy (non-hydrogen) atoms. The van der Waals surface area contributed by atoms with Gasteiger partial charge in [0.15, 0.2) is 5.65 Å². The fourth-order valence-corrected chi connectivity index (χ4v) is 5.35. The Kier molecular flexibility index (Phi) is 6.46. The van der Waals surface area contributed by atoms with Crippen molar-refractivity contribution in [2.45, 2.75) is 51.2 Å². The first-order valence-electron chi connectivity index (χ1n) is 13.7. The highest BCUT2D eigenvalue weighted by Gasteiger charge is 2.41. The number of rotatable bonds is 5. The molecule has 1 saturated heterocycles. The number of aromatic nitrogens is 4. The van der Waals surface area contributed by atoms with Crippen LogP contribution in [0.3, 0.4) is 0 Å². The Morgan fingerprint density at radius 2 is 1.72 bits per heavy atom. The van der Waals surface area contributed by atoms with E-state index in [4.69, 9.17) is 14.7 Å². The predicted octanol–water partition coefficient (Wildman–Crippen LogP) is 4.80. The van der Waals surface area contributed by atoms with Crippen LogP contribution in [-0.2, 0) is 10.3 Å². The number of benzene rings is 2. The second kappa shape index (κ2) is 9.96. The molecule has 6 rings (SSSR count). The Labute approximate surface area is 228 Å². The van der Waals surface area contributed by atoms with Gasteiger partial charge in [-0.1, -0.05) is 42.5 Å². The number of hydrogen-bond acceptors (Lipinski definition) is 7. The molecule has 0 unspecified atom stereocenters. The molecule has 1 amide bonds. The van der Waals surface area contributed by atoms with E-state index < -0.39 is 11.1 Å². The van der Waals surface area contributed by atoms with E-state index in [0.29, 0.717) is 0 Å². The van der Waals surface area contributed by atoms with E-state index >= 15 is 0 Å². The van der Waals surface area contributed by atoms with Gasteiger partial charge in [0, 0.05) is 37.4 Å². The molecule has 2 aliphatic rings. The van der Waals surface area contributed by atoms with Crippen LogP contribution < -0.4 is 15.5 Å². The van der Waals surface area contributed by atoms with Gasteiger partial charge >= 0.3 is 6.09 Å². The van der Waals surface area contributed by atoms with Crippen LogP contribution in [0.4, 0.5) is 10.7 Å². The molecule has 4 aromatic rings. The normalized spacial score (nSPS) is 17.1. The number of fused-ring (bicyclic) bond motifs is 1. The summed E-state index contributed by atoms with van der Waals surface area (Å²) in [4.78, 5) is 29.5. The average molecular weight is 526 g/mol. The summed E-state index contributed by atoms with van der Waals surface area (Å²) in [5.41, 5.74) is 3.61. The van der Waals surface area contributed by atoms with Crippen LogP contribution in [0.15, 0.2) is 60.8 Å². The highest BCUT2D eigenvalue weighted by Crippen LogP contribution is 2.42. The van der Waals surface area contributed by atoms with Crippen LogP contribution >= 0.6 is 0 Å². The summed E-state index contributed by atoms with van der Waals surface area (Å²) in [6, 6.07) is 18.5. The largest absolute Gasteiger partial charge is 0.444 e. The van der Waals surface area contributed by atoms with Crippen molar-refractivity contribution in [1.82, 2.24) is 30.2 Å². The van der Waals surface area contributed by atoms with Gasteiger partial charge in [0.2, 0.25) is 5.95 Å². The SMILES string of the molecule is CC(C)(C)OC(=O)NC1(c2ccc(-n3c(-c4ccccc4)nc4cnc(N5CCNCC5)nc43)cc2)CCC1. The molecule has 1 aliphatic carbocycles. The van der Waals surface area contributed by atoms with Gasteiger partial charge in [-0.3, -0.25) is 4.57 Å². The molecule has 2 aromatic heterocycles. The van der Waals surface area contributed by atoms with Crippen LogP contribution in [0.2, 0.25) is 0 Å². The minimum absolute atomic E-state index is 0.379. The van der Waals surface area contributed by atoms with Gasteiger partial charge < -0.3 is 20.3 Å². The van der Waals surface area contributed by atoms with E-state index in [2.05, 4.69) is 61.5 Å². The highest BCUT2D eigenvalue weighted by molar-refractivity contribution is 5.80. The Balaban J connectivity index is 1.39. The van der Waals surface area contributed by atoms with Crippen molar-refractivity contribution < 1.29 is 9.53 Å². The van der Waals surface area contributed by atoms with Crippen LogP contribution in [0.25, 0.3) is 28.2 Å². The quantitative estimate of drug-likeness (QED) is 0.386. The zero-order chi connectivity index (χ0) is 27.0. The first-order chi connectivity index (χ1) is 18.8. The number of piperazine rings is 1. The summed E-state index contributed by atoms with van der Waals surface area (Å²) in [5, 5.41) is 6.54. The maximum Gasteiger partial charge on any atom is 0.408 e. The summed E-state index contributed by atoms with van der Waals surface area (Å²) < 4.78 is 7.67. The van der Waals surface area contributed by atoms with Crippen molar-refractivity contribution in [2.24, 2.45) is 0 Å². The lowest BCUT2D eigenvalue weighted by Gasteiger charge is -2.43. The molecule has 2 aromatic carbocycles. The van der Waals surface area contributed by atoms with Crippen molar-refractivity contribution in [1.29, 1.82) is 0 Å². The average Bonchev–Trinajstić information content (AvgIpc) is 3.30. The molecular formula is C30H35N7O2. The van der Waals surface area contributed by atoms with E-state index in [1.54, 1.807) is 0 Å². The van der Waals surface area contributed by atoms with Crippen molar-refractivity contribution >= 4 is 23.2 Å². The van der Waals surface area contributed by atoms with E-state index in [-0.39, 0.29) is 6.09 Å². The number of hydrogen-bond donors (Lipinski definition) is 2. The molecule has 1 saturated carbocycles. The Bertz CT molecular complexity index is 1470. The minimum atomic E-state index is -0.541. The second-order valence-corrected chi connectivity index (χ2v) is 11.4. The van der Waals surface area contributed by atoms with Crippen LogP contribution in [0.1, 0.15) is 45.6 Å². The first kappa shape index (κ1) is 25.3. The van der Waals surface area contributed by atoms with Gasteiger partial charge in [-0.05, 0) is 57.7 Å². The molecule has 9 heteroatoms. The molecule has 3 heterocycles. The second-order valence-electron chi connectivity index (χ2n) is 11.4. The lowest BCUT2D eigenvalue weighted by atomic mass is 9.72. The highest BCUT2D eigenvalue weighted by atomic mass is 16.6. The molecule has 1 aliphatic heterocycles. The van der Waals surface area contributed by atoms with Crippen LogP contribution in [0, 0.1) is 0 Å². The first-order valence-corrected chi connectivity index (χ1v) is 13.7. The maximum atomic E-state index is 12.6. The third-order valence-corrected chi connectivity index (χ3v) is 7.44. The molecule has 0 bridgehead atoms. The standard InChI is InChI=1S/C30H35N7O2/c1-29(2,3)39-28(38)35-30(14-7-15-30)22-10-12-23(13-11-22)37-25(21-8-5-4-6-9-21)33-24-20-32-27(34-26(24)37)36-18-16-31-17-19-36/h4-6,8-13,20,31H,7,14-19H2,1-3H3,(H,35,38). The summed E-state index contributed by atoms with van der Waals surface area (Å²) >= 11 is 0. The fourth-order valence-electron chi connectivity index (χ4n) is 5.35. The summed E-state index contributed by atoms with van der Waals surface area (Å²) in [6.45, 7) is 9.20. The monoisotopic (exact) mass is 525 g/mol. The summed E-state index contributed by atoms with van der Waals surface area (Å²) in [6.07, 6.45) is 4.28. The Morgan fingerprint density at radius 1 is 1.00 bits per heavy atom. The van der Waals surface area contributed by atoms with Crippen molar-refractivity contribution in [3.8, 4) is 17.1 Å². The molecule has 2 fully saturated rings. The zero-order valence-electron chi connectivity index (χ0n) is 22.8. The molecular weight excluding hydrogens is 490 g/mol. The van der Waals surface area contributed by atoms with Crippen molar-refractivity contribution in [2.75, 3.05) is 31.1 Å². The lowest BCUT2D eigenvalue weighted by Crippen LogP contribution is -2.52. The number of amides is 1.